The molecule has 0 aromatic carbocycles. The molecular weight excluding hydrogens is 414 g/mol. The van der Waals surface area contributed by atoms with Gasteiger partial charge in [-0.05, 0) is 24.3 Å². The van der Waals surface area contributed by atoms with Gasteiger partial charge in [0.1, 0.15) is 17.3 Å². The predicted octanol–water partition coefficient (Wildman–Crippen LogP) is 4.09. The molecular formula is C20H22ClN3O2S2. The van der Waals surface area contributed by atoms with Gasteiger partial charge in [0.05, 0.1) is 22.6 Å². The van der Waals surface area contributed by atoms with Crippen molar-refractivity contribution in [3.8, 4) is 11.8 Å². The number of halogens is 1. The summed E-state index contributed by atoms with van der Waals surface area (Å²) in [6.07, 6.45) is 2.28. The predicted molar refractivity (Wildman–Crippen MR) is 118 cm³/mol. The van der Waals surface area contributed by atoms with Crippen LogP contribution >= 0.6 is 34.3 Å². The molecule has 1 unspecified atom stereocenters. The van der Waals surface area contributed by atoms with Gasteiger partial charge in [0, 0.05) is 35.5 Å². The van der Waals surface area contributed by atoms with E-state index in [0.29, 0.717) is 11.2 Å². The average molecular weight is 436 g/mol. The van der Waals surface area contributed by atoms with Crippen molar-refractivity contribution in [3.63, 3.8) is 0 Å². The summed E-state index contributed by atoms with van der Waals surface area (Å²) < 4.78 is 6.08. The Hall–Kier alpha value is -1.66. The molecule has 1 atom stereocenters. The lowest BCUT2D eigenvalue weighted by Gasteiger charge is -2.16. The van der Waals surface area contributed by atoms with Gasteiger partial charge in [0.15, 0.2) is 0 Å². The first kappa shape index (κ1) is 21.1. The molecule has 3 aromatic rings. The summed E-state index contributed by atoms with van der Waals surface area (Å²) in [6.45, 7) is 2.26. The Morgan fingerprint density at radius 1 is 1.43 bits per heavy atom. The Morgan fingerprint density at radius 2 is 2.32 bits per heavy atom. The highest BCUT2D eigenvalue weighted by Gasteiger charge is 2.10. The van der Waals surface area contributed by atoms with E-state index in [1.54, 1.807) is 22.7 Å². The van der Waals surface area contributed by atoms with Gasteiger partial charge in [-0.15, -0.1) is 22.7 Å². The molecule has 3 aromatic heterocycles. The van der Waals surface area contributed by atoms with Crippen LogP contribution in [-0.4, -0.2) is 36.0 Å². The van der Waals surface area contributed by atoms with Gasteiger partial charge in [-0.3, -0.25) is 0 Å². The third-order valence-electron chi connectivity index (χ3n) is 4.02. The lowest BCUT2D eigenvalue weighted by Crippen LogP contribution is -2.30. The van der Waals surface area contributed by atoms with Gasteiger partial charge in [0.25, 0.3) is 0 Å². The van der Waals surface area contributed by atoms with Gasteiger partial charge in [0.2, 0.25) is 0 Å². The number of anilines is 1. The van der Waals surface area contributed by atoms with E-state index >= 15 is 0 Å². The maximum atomic E-state index is 8.81. The Kier molecular flexibility index (Phi) is 8.10. The molecule has 4 rings (SSSR count). The van der Waals surface area contributed by atoms with E-state index in [0.717, 1.165) is 54.1 Å². The topological polar surface area (TPSA) is 80.4 Å². The van der Waals surface area contributed by atoms with E-state index in [1.165, 1.54) is 4.88 Å². The number of pyridine rings is 1. The molecule has 5 nitrogen and oxygen atoms in total. The quantitative estimate of drug-likeness (QED) is 0.426. The van der Waals surface area contributed by atoms with E-state index in [4.69, 9.17) is 27.2 Å². The van der Waals surface area contributed by atoms with E-state index in [1.807, 2.05) is 17.5 Å². The number of nitrogens with zero attached hydrogens (tertiary/aromatic N) is 1. The average Bonchev–Trinajstić information content (AvgIpc) is 3.35. The Morgan fingerprint density at radius 3 is 2.96 bits per heavy atom. The lowest BCUT2D eigenvalue weighted by atomic mass is 10.1. The molecule has 1 aliphatic heterocycles. The number of rotatable bonds is 3. The number of hydrogen-bond acceptors (Lipinski definition) is 7. The van der Waals surface area contributed by atoms with E-state index < -0.39 is 0 Å². The third kappa shape index (κ3) is 5.92. The van der Waals surface area contributed by atoms with Gasteiger partial charge < -0.3 is 20.9 Å². The molecule has 0 aliphatic carbocycles. The number of thiophene rings is 2. The molecule has 148 valence electrons. The highest BCUT2D eigenvalue weighted by molar-refractivity contribution is 7.18. The first-order chi connectivity index (χ1) is 13.7. The summed E-state index contributed by atoms with van der Waals surface area (Å²) in [4.78, 5) is 5.61. The van der Waals surface area contributed by atoms with Gasteiger partial charge in [-0.25, -0.2) is 4.98 Å². The standard InChI is InChI=1S/C15H11ClN2OS2.C5H11NO/c16-13-7-12(17-8-11-4-2-6-20-11)15-14(18-13)10(9-21-15)3-1-5-19;6-5-2-1-3-7-4-5/h2,4,6-7,9,19H,5,8H2,(H,17,18);5H,1-4,6H2. The van der Waals surface area contributed by atoms with Crippen molar-refractivity contribution >= 4 is 50.2 Å². The Labute approximate surface area is 177 Å². The zero-order chi connectivity index (χ0) is 19.8. The van der Waals surface area contributed by atoms with Gasteiger partial charge in [-0.2, -0.15) is 0 Å². The normalized spacial score (nSPS) is 16.0. The number of aromatic nitrogens is 1. The maximum Gasteiger partial charge on any atom is 0.131 e. The van der Waals surface area contributed by atoms with Crippen LogP contribution in [0.1, 0.15) is 23.3 Å². The van der Waals surface area contributed by atoms with Crippen LogP contribution in [0.4, 0.5) is 5.69 Å². The fraction of sp³-hybridized carbons (Fsp3) is 0.350. The van der Waals surface area contributed by atoms with E-state index in [2.05, 4.69) is 33.6 Å². The van der Waals surface area contributed by atoms with Crippen molar-refractivity contribution in [2.24, 2.45) is 5.73 Å². The highest BCUT2D eigenvalue weighted by atomic mass is 35.5. The highest BCUT2D eigenvalue weighted by Crippen LogP contribution is 2.33. The molecule has 0 saturated carbocycles. The third-order valence-corrected chi connectivity index (χ3v) is 6.09. The van der Waals surface area contributed by atoms with Crippen LogP contribution in [0.3, 0.4) is 0 Å². The zero-order valence-corrected chi connectivity index (χ0v) is 17.7. The van der Waals surface area contributed by atoms with Crippen molar-refractivity contribution in [3.05, 3.63) is 44.6 Å². The van der Waals surface area contributed by atoms with Crippen LogP contribution in [0.25, 0.3) is 10.2 Å². The van der Waals surface area contributed by atoms with Gasteiger partial charge >= 0.3 is 0 Å². The Balaban J connectivity index is 0.000000271. The molecule has 28 heavy (non-hydrogen) atoms. The van der Waals surface area contributed by atoms with Crippen molar-refractivity contribution in [1.29, 1.82) is 0 Å². The minimum Gasteiger partial charge on any atom is -0.384 e. The van der Waals surface area contributed by atoms with Crippen LogP contribution in [-0.2, 0) is 11.3 Å². The monoisotopic (exact) mass is 435 g/mol. The van der Waals surface area contributed by atoms with Crippen LogP contribution in [0, 0.1) is 11.8 Å². The number of nitrogens with one attached hydrogen (secondary N) is 1. The SMILES string of the molecule is NC1CCCOC1.OCC#Cc1csc2c(NCc3cccs3)cc(Cl)nc12. The number of ether oxygens (including phenoxy) is 1. The molecule has 1 aliphatic rings. The Bertz CT molecular complexity index is 942. The summed E-state index contributed by atoms with van der Waals surface area (Å²) in [5.41, 5.74) is 8.05. The minimum absolute atomic E-state index is 0.165. The molecule has 1 saturated heterocycles. The number of nitrogens with two attached hydrogens (primary N) is 1. The maximum absolute atomic E-state index is 8.81. The number of aliphatic hydroxyl groups is 1. The van der Waals surface area contributed by atoms with Gasteiger partial charge in [-0.1, -0.05) is 29.5 Å². The number of fused-ring (bicyclic) bond motifs is 1. The van der Waals surface area contributed by atoms with Crippen molar-refractivity contribution < 1.29 is 9.84 Å². The number of aliphatic hydroxyl groups excluding tert-OH is 1. The largest absolute Gasteiger partial charge is 0.384 e. The van der Waals surface area contributed by atoms with Crippen LogP contribution in [0.15, 0.2) is 29.0 Å². The molecule has 0 bridgehead atoms. The second-order valence-electron chi connectivity index (χ2n) is 6.19. The van der Waals surface area contributed by atoms with E-state index in [9.17, 15) is 0 Å². The smallest absolute Gasteiger partial charge is 0.131 e. The molecule has 4 N–H and O–H groups in total. The fourth-order valence-electron chi connectivity index (χ4n) is 2.69. The fourth-order valence-corrected chi connectivity index (χ4v) is 4.46. The lowest BCUT2D eigenvalue weighted by molar-refractivity contribution is 0.0822. The first-order valence-corrected chi connectivity index (χ1v) is 11.1. The molecule has 0 amide bonds. The van der Waals surface area contributed by atoms with Crippen molar-refractivity contribution in [1.82, 2.24) is 4.98 Å². The second-order valence-corrected chi connectivity index (χ2v) is 8.49. The van der Waals surface area contributed by atoms with Crippen molar-refractivity contribution in [2.45, 2.75) is 25.4 Å². The summed E-state index contributed by atoms with van der Waals surface area (Å²) in [5, 5.41) is 16.6. The van der Waals surface area contributed by atoms with Crippen LogP contribution < -0.4 is 11.1 Å². The van der Waals surface area contributed by atoms with E-state index in [-0.39, 0.29) is 6.61 Å². The number of hydrogen-bond donors (Lipinski definition) is 3. The first-order valence-electron chi connectivity index (χ1n) is 8.94. The van der Waals surface area contributed by atoms with Crippen LogP contribution in [0.2, 0.25) is 5.15 Å². The summed E-state index contributed by atoms with van der Waals surface area (Å²) in [5.74, 6) is 5.55. The minimum atomic E-state index is -0.165. The molecule has 0 spiro atoms. The molecule has 1 fully saturated rings. The zero-order valence-electron chi connectivity index (χ0n) is 15.3. The molecule has 8 heteroatoms. The summed E-state index contributed by atoms with van der Waals surface area (Å²) in [7, 11) is 0. The molecule has 0 radical (unpaired) electrons. The summed E-state index contributed by atoms with van der Waals surface area (Å²) >= 11 is 9.39. The second kappa shape index (κ2) is 10.8. The van der Waals surface area contributed by atoms with Crippen molar-refractivity contribution in [2.75, 3.05) is 25.1 Å². The van der Waals surface area contributed by atoms with Crippen LogP contribution in [0.5, 0.6) is 0 Å². The summed E-state index contributed by atoms with van der Waals surface area (Å²) in [6, 6.07) is 6.26. The molecule has 4 heterocycles.